The Hall–Kier alpha value is 0.0200. The molecule has 2 saturated carbocycles. The predicted octanol–water partition coefficient (Wildman–Crippen LogP) is 3.42. The lowest BCUT2D eigenvalue weighted by Crippen LogP contribution is -2.26. The number of Topliss-reactive ketones (excluding diaryl/α,β-unsaturated/α-hetero) is 1. The van der Waals surface area contributed by atoms with E-state index in [4.69, 9.17) is 0 Å². The fraction of sp³-hybridized carbons (Fsp3) is 0.917. The molecular formula is C12H20OS. The van der Waals surface area contributed by atoms with Gasteiger partial charge in [-0.15, -0.1) is 0 Å². The molecule has 2 aliphatic rings. The number of rotatable bonds is 2. The Balaban J connectivity index is 1.84. The Bertz CT molecular complexity index is 208. The summed E-state index contributed by atoms with van der Waals surface area (Å²) in [5.41, 5.74) is 0. The summed E-state index contributed by atoms with van der Waals surface area (Å²) in [7, 11) is 0. The van der Waals surface area contributed by atoms with Crippen molar-refractivity contribution in [2.24, 2.45) is 5.92 Å². The van der Waals surface area contributed by atoms with E-state index in [0.29, 0.717) is 11.0 Å². The van der Waals surface area contributed by atoms with E-state index < -0.39 is 0 Å². The average molecular weight is 212 g/mol. The molecule has 80 valence electrons. The maximum atomic E-state index is 11.4. The molecule has 0 aromatic heterocycles. The van der Waals surface area contributed by atoms with Gasteiger partial charge in [-0.3, -0.25) is 4.79 Å². The number of carbonyl (C=O) groups excluding carboxylic acids is 1. The van der Waals surface area contributed by atoms with Gasteiger partial charge in [0.25, 0.3) is 0 Å². The Morgan fingerprint density at radius 2 is 1.93 bits per heavy atom. The van der Waals surface area contributed by atoms with E-state index in [1.807, 2.05) is 0 Å². The summed E-state index contributed by atoms with van der Waals surface area (Å²) in [6, 6.07) is 0. The molecule has 2 rings (SSSR count). The molecule has 2 atom stereocenters. The van der Waals surface area contributed by atoms with Gasteiger partial charge in [-0.05, 0) is 25.2 Å². The van der Waals surface area contributed by atoms with Gasteiger partial charge in [-0.1, -0.05) is 19.8 Å². The largest absolute Gasteiger partial charge is 0.300 e. The van der Waals surface area contributed by atoms with Crippen molar-refractivity contribution in [1.29, 1.82) is 0 Å². The van der Waals surface area contributed by atoms with Gasteiger partial charge in [-0.2, -0.15) is 11.8 Å². The van der Waals surface area contributed by atoms with Crippen molar-refractivity contribution in [2.75, 3.05) is 0 Å². The van der Waals surface area contributed by atoms with Crippen molar-refractivity contribution >= 4 is 17.5 Å². The molecule has 0 saturated heterocycles. The van der Waals surface area contributed by atoms with Crippen LogP contribution in [0, 0.1) is 5.92 Å². The summed E-state index contributed by atoms with van der Waals surface area (Å²) >= 11 is 2.12. The van der Waals surface area contributed by atoms with Gasteiger partial charge in [0.1, 0.15) is 5.78 Å². The first-order valence-corrected chi connectivity index (χ1v) is 6.87. The minimum absolute atomic E-state index is 0.499. The van der Waals surface area contributed by atoms with E-state index in [1.54, 1.807) is 0 Å². The zero-order valence-corrected chi connectivity index (χ0v) is 9.81. The molecule has 14 heavy (non-hydrogen) atoms. The van der Waals surface area contributed by atoms with Crippen LogP contribution in [0.25, 0.3) is 0 Å². The summed E-state index contributed by atoms with van der Waals surface area (Å²) < 4.78 is 0. The molecule has 0 spiro atoms. The van der Waals surface area contributed by atoms with Gasteiger partial charge in [-0.25, -0.2) is 0 Å². The monoisotopic (exact) mass is 212 g/mol. The van der Waals surface area contributed by atoms with E-state index in [9.17, 15) is 4.79 Å². The summed E-state index contributed by atoms with van der Waals surface area (Å²) in [4.78, 5) is 11.4. The first-order valence-electron chi connectivity index (χ1n) is 5.93. The summed E-state index contributed by atoms with van der Waals surface area (Å²) in [5, 5.41) is 1.51. The lowest BCUT2D eigenvalue weighted by molar-refractivity contribution is -0.120. The fourth-order valence-electron chi connectivity index (χ4n) is 2.56. The van der Waals surface area contributed by atoms with Crippen molar-refractivity contribution in [3.8, 4) is 0 Å². The van der Waals surface area contributed by atoms with Crippen molar-refractivity contribution in [3.63, 3.8) is 0 Å². The van der Waals surface area contributed by atoms with Gasteiger partial charge in [0, 0.05) is 23.3 Å². The van der Waals surface area contributed by atoms with Gasteiger partial charge in [0.15, 0.2) is 0 Å². The van der Waals surface area contributed by atoms with E-state index in [2.05, 4.69) is 18.7 Å². The Labute approximate surface area is 91.0 Å². The van der Waals surface area contributed by atoms with Crippen LogP contribution < -0.4 is 0 Å². The van der Waals surface area contributed by atoms with Gasteiger partial charge in [0.05, 0.1) is 0 Å². The highest BCUT2D eigenvalue weighted by Gasteiger charge is 2.29. The molecule has 0 amide bonds. The van der Waals surface area contributed by atoms with Crippen LogP contribution in [0.4, 0.5) is 0 Å². The lowest BCUT2D eigenvalue weighted by atomic mass is 9.89. The molecule has 0 aromatic rings. The SMILES string of the molecule is CC1CCC(=O)CC1SC1CCCC1. The van der Waals surface area contributed by atoms with Crippen LogP contribution in [0.3, 0.4) is 0 Å². The molecule has 0 aromatic carbocycles. The zero-order valence-electron chi connectivity index (χ0n) is 9.00. The number of ketones is 1. The molecule has 2 heteroatoms. The van der Waals surface area contributed by atoms with Crippen LogP contribution in [-0.4, -0.2) is 16.3 Å². The highest BCUT2D eigenvalue weighted by Crippen LogP contribution is 2.39. The molecule has 0 radical (unpaired) electrons. The average Bonchev–Trinajstić information content (AvgIpc) is 2.64. The number of thioether (sulfide) groups is 1. The molecular weight excluding hydrogens is 192 g/mol. The fourth-order valence-corrected chi connectivity index (χ4v) is 4.34. The van der Waals surface area contributed by atoms with Crippen LogP contribution in [0.1, 0.15) is 51.9 Å². The molecule has 2 aliphatic carbocycles. The normalized spacial score (nSPS) is 35.1. The lowest BCUT2D eigenvalue weighted by Gasteiger charge is -2.29. The highest BCUT2D eigenvalue weighted by molar-refractivity contribution is 8.00. The summed E-state index contributed by atoms with van der Waals surface area (Å²) in [6.45, 7) is 2.32. The highest BCUT2D eigenvalue weighted by atomic mass is 32.2. The second kappa shape index (κ2) is 4.69. The van der Waals surface area contributed by atoms with Gasteiger partial charge in [0.2, 0.25) is 0 Å². The molecule has 0 bridgehead atoms. The number of hydrogen-bond acceptors (Lipinski definition) is 2. The summed E-state index contributed by atoms with van der Waals surface area (Å²) in [5.74, 6) is 1.26. The second-order valence-corrected chi connectivity index (χ2v) is 6.38. The van der Waals surface area contributed by atoms with Crippen LogP contribution >= 0.6 is 11.8 Å². The van der Waals surface area contributed by atoms with Crippen LogP contribution in [0.5, 0.6) is 0 Å². The van der Waals surface area contributed by atoms with Crippen molar-refractivity contribution in [2.45, 2.75) is 62.4 Å². The smallest absolute Gasteiger partial charge is 0.134 e. The Morgan fingerprint density at radius 1 is 1.21 bits per heavy atom. The maximum absolute atomic E-state index is 11.4. The van der Waals surface area contributed by atoms with Crippen LogP contribution in [0.2, 0.25) is 0 Å². The van der Waals surface area contributed by atoms with Crippen molar-refractivity contribution in [3.05, 3.63) is 0 Å². The molecule has 0 heterocycles. The third-order valence-corrected chi connectivity index (χ3v) is 5.45. The topological polar surface area (TPSA) is 17.1 Å². The Kier molecular flexibility index (Phi) is 3.53. The van der Waals surface area contributed by atoms with E-state index in [-0.39, 0.29) is 0 Å². The minimum atomic E-state index is 0.499. The number of hydrogen-bond donors (Lipinski definition) is 0. The summed E-state index contributed by atoms with van der Waals surface area (Å²) in [6.07, 6.45) is 8.41. The minimum Gasteiger partial charge on any atom is -0.300 e. The Morgan fingerprint density at radius 3 is 2.64 bits per heavy atom. The van der Waals surface area contributed by atoms with Crippen molar-refractivity contribution < 1.29 is 4.79 Å². The van der Waals surface area contributed by atoms with Crippen LogP contribution in [-0.2, 0) is 4.79 Å². The first-order chi connectivity index (χ1) is 6.75. The van der Waals surface area contributed by atoms with Gasteiger partial charge < -0.3 is 0 Å². The number of carbonyl (C=O) groups is 1. The predicted molar refractivity (Wildman–Crippen MR) is 61.7 cm³/mol. The van der Waals surface area contributed by atoms with E-state index in [1.165, 1.54) is 25.7 Å². The first kappa shape index (κ1) is 10.5. The van der Waals surface area contributed by atoms with Crippen LogP contribution in [0.15, 0.2) is 0 Å². The standard InChI is InChI=1S/C12H20OS/c1-9-6-7-10(13)8-12(9)14-11-4-2-3-5-11/h9,11-12H,2-8H2,1H3. The molecule has 1 nitrogen and oxygen atoms in total. The molecule has 0 N–H and O–H groups in total. The maximum Gasteiger partial charge on any atom is 0.134 e. The zero-order chi connectivity index (χ0) is 9.97. The van der Waals surface area contributed by atoms with E-state index >= 15 is 0 Å². The molecule has 2 unspecified atom stereocenters. The third-order valence-electron chi connectivity index (χ3n) is 3.61. The molecule has 2 fully saturated rings. The third kappa shape index (κ3) is 2.53. The quantitative estimate of drug-likeness (QED) is 0.697. The second-order valence-electron chi connectivity index (χ2n) is 4.84. The van der Waals surface area contributed by atoms with Crippen molar-refractivity contribution in [1.82, 2.24) is 0 Å². The van der Waals surface area contributed by atoms with Gasteiger partial charge >= 0.3 is 0 Å². The van der Waals surface area contributed by atoms with E-state index in [0.717, 1.165) is 30.4 Å². The molecule has 0 aliphatic heterocycles.